The quantitative estimate of drug-likeness (QED) is 0.207. The van der Waals surface area contributed by atoms with Crippen molar-refractivity contribution in [2.45, 2.75) is 6.92 Å². The summed E-state index contributed by atoms with van der Waals surface area (Å²) in [5.74, 6) is 0. The lowest BCUT2D eigenvalue weighted by atomic mass is 10.0. The molecule has 6 rings (SSSR count). The van der Waals surface area contributed by atoms with Crippen LogP contribution in [-0.2, 0) is 0 Å². The molecule has 0 fully saturated rings. The number of hydrogen-bond donors (Lipinski definition) is 0. The van der Waals surface area contributed by atoms with Crippen LogP contribution in [0.25, 0.3) is 11.1 Å². The maximum Gasteiger partial charge on any atom is 0.0992 e. The van der Waals surface area contributed by atoms with E-state index in [9.17, 15) is 5.26 Å². The summed E-state index contributed by atoms with van der Waals surface area (Å²) >= 11 is 0. The Morgan fingerprint density at radius 1 is 0.415 bits per heavy atom. The molecule has 6 aromatic rings. The van der Waals surface area contributed by atoms with Crippen LogP contribution >= 0.6 is 0 Å². The Kier molecular flexibility index (Phi) is 7.30. The highest BCUT2D eigenvalue weighted by Gasteiger charge is 2.15. The van der Waals surface area contributed by atoms with Gasteiger partial charge in [-0.25, -0.2) is 0 Å². The van der Waals surface area contributed by atoms with E-state index in [1.165, 1.54) is 5.56 Å². The lowest BCUT2D eigenvalue weighted by Gasteiger charge is -2.26. The number of anilines is 6. The zero-order valence-electron chi connectivity index (χ0n) is 22.9. The highest BCUT2D eigenvalue weighted by atomic mass is 15.1. The molecule has 0 aliphatic carbocycles. The maximum atomic E-state index is 9.47. The van der Waals surface area contributed by atoms with Crippen molar-refractivity contribution in [3.8, 4) is 17.2 Å². The monoisotopic (exact) mass is 527 g/mol. The third-order valence-electron chi connectivity index (χ3n) is 7.11. The first-order valence-electron chi connectivity index (χ1n) is 13.7. The topological polar surface area (TPSA) is 30.3 Å². The Morgan fingerprint density at radius 2 is 0.829 bits per heavy atom. The first-order valence-corrected chi connectivity index (χ1v) is 13.7. The van der Waals surface area contributed by atoms with Gasteiger partial charge in [-0.15, -0.1) is 0 Å². The third kappa shape index (κ3) is 5.59. The van der Waals surface area contributed by atoms with Crippen molar-refractivity contribution in [1.82, 2.24) is 0 Å². The molecular formula is C38H29N3. The van der Waals surface area contributed by atoms with Gasteiger partial charge < -0.3 is 9.80 Å². The summed E-state index contributed by atoms with van der Waals surface area (Å²) in [6.45, 7) is 2.12. The van der Waals surface area contributed by atoms with Crippen LogP contribution in [0, 0.1) is 18.3 Å². The number of nitriles is 1. The molecule has 3 nitrogen and oxygen atoms in total. The molecule has 3 heteroatoms. The lowest BCUT2D eigenvalue weighted by Crippen LogP contribution is -2.10. The number of benzene rings is 6. The van der Waals surface area contributed by atoms with Gasteiger partial charge in [0, 0.05) is 34.1 Å². The van der Waals surface area contributed by atoms with E-state index in [4.69, 9.17) is 0 Å². The van der Waals surface area contributed by atoms with E-state index in [0.717, 1.165) is 45.3 Å². The van der Waals surface area contributed by atoms with Gasteiger partial charge in [-0.3, -0.25) is 0 Å². The summed E-state index contributed by atoms with van der Waals surface area (Å²) in [6, 6.07) is 56.6. The molecule has 0 aliphatic rings. The van der Waals surface area contributed by atoms with Gasteiger partial charge in [-0.05, 0) is 102 Å². The van der Waals surface area contributed by atoms with Crippen LogP contribution in [0.15, 0.2) is 158 Å². The molecule has 0 saturated carbocycles. The molecule has 0 amide bonds. The number of rotatable bonds is 7. The molecule has 0 N–H and O–H groups in total. The van der Waals surface area contributed by atoms with Crippen molar-refractivity contribution in [1.29, 1.82) is 5.26 Å². The van der Waals surface area contributed by atoms with Crippen LogP contribution in [0.3, 0.4) is 0 Å². The largest absolute Gasteiger partial charge is 0.310 e. The maximum absolute atomic E-state index is 9.47. The standard InChI is InChI=1S/C38H29N3/c1-29-10-8-16-37(26-29)40(33-12-4-2-5-13-33)35-22-18-31(19-23-35)32-20-24-36(25-21-32)41(34-14-6-3-7-15-34)38-17-9-11-30(27-38)28-39/h2-27H,1H3. The van der Waals surface area contributed by atoms with E-state index in [0.29, 0.717) is 5.56 Å². The van der Waals surface area contributed by atoms with Gasteiger partial charge in [0.05, 0.1) is 11.6 Å². The smallest absolute Gasteiger partial charge is 0.0992 e. The molecule has 0 unspecified atom stereocenters. The first-order chi connectivity index (χ1) is 20.2. The van der Waals surface area contributed by atoms with Crippen molar-refractivity contribution in [3.63, 3.8) is 0 Å². The molecule has 0 aromatic heterocycles. The Hall–Kier alpha value is -5.59. The number of aryl methyl sites for hydroxylation is 1. The molecule has 41 heavy (non-hydrogen) atoms. The highest BCUT2D eigenvalue weighted by Crippen LogP contribution is 2.38. The van der Waals surface area contributed by atoms with Crippen molar-refractivity contribution in [2.24, 2.45) is 0 Å². The summed E-state index contributed by atoms with van der Waals surface area (Å²) in [7, 11) is 0. The van der Waals surface area contributed by atoms with Crippen molar-refractivity contribution < 1.29 is 0 Å². The number of hydrogen-bond acceptors (Lipinski definition) is 3. The van der Waals surface area contributed by atoms with E-state index in [2.05, 4.69) is 132 Å². The summed E-state index contributed by atoms with van der Waals surface area (Å²) in [5, 5.41) is 9.47. The fourth-order valence-electron chi connectivity index (χ4n) is 5.14. The molecule has 0 aliphatic heterocycles. The average molecular weight is 528 g/mol. The molecule has 6 aromatic carbocycles. The first kappa shape index (κ1) is 25.7. The Bertz CT molecular complexity index is 1790. The van der Waals surface area contributed by atoms with Gasteiger partial charge in [-0.1, -0.05) is 78.9 Å². The average Bonchev–Trinajstić information content (AvgIpc) is 3.03. The van der Waals surface area contributed by atoms with Gasteiger partial charge >= 0.3 is 0 Å². The summed E-state index contributed by atoms with van der Waals surface area (Å²) in [5.41, 5.74) is 10.5. The second-order valence-electron chi connectivity index (χ2n) is 9.94. The molecule has 0 spiro atoms. The fraction of sp³-hybridized carbons (Fsp3) is 0.0263. The van der Waals surface area contributed by atoms with Crippen molar-refractivity contribution in [3.05, 3.63) is 169 Å². The molecule has 0 bridgehead atoms. The minimum atomic E-state index is 0.635. The van der Waals surface area contributed by atoms with Gasteiger partial charge in [0.15, 0.2) is 0 Å². The fourth-order valence-corrected chi connectivity index (χ4v) is 5.14. The second kappa shape index (κ2) is 11.7. The lowest BCUT2D eigenvalue weighted by molar-refractivity contribution is 1.27. The second-order valence-corrected chi connectivity index (χ2v) is 9.94. The molecule has 0 radical (unpaired) electrons. The third-order valence-corrected chi connectivity index (χ3v) is 7.11. The van der Waals surface area contributed by atoms with Gasteiger partial charge in [0.25, 0.3) is 0 Å². The Morgan fingerprint density at radius 3 is 1.29 bits per heavy atom. The van der Waals surface area contributed by atoms with Crippen LogP contribution in [-0.4, -0.2) is 0 Å². The van der Waals surface area contributed by atoms with Gasteiger partial charge in [0.1, 0.15) is 0 Å². The predicted molar refractivity (Wildman–Crippen MR) is 171 cm³/mol. The SMILES string of the molecule is Cc1cccc(N(c2ccccc2)c2ccc(-c3ccc(N(c4ccccc4)c4cccc(C#N)c4)cc3)cc2)c1. The summed E-state index contributed by atoms with van der Waals surface area (Å²) in [4.78, 5) is 4.46. The molecule has 0 saturated heterocycles. The summed E-state index contributed by atoms with van der Waals surface area (Å²) in [6.07, 6.45) is 0. The van der Waals surface area contributed by atoms with Crippen molar-refractivity contribution >= 4 is 34.1 Å². The molecule has 0 atom stereocenters. The van der Waals surface area contributed by atoms with Crippen molar-refractivity contribution in [2.75, 3.05) is 9.80 Å². The van der Waals surface area contributed by atoms with Crippen LogP contribution in [0.5, 0.6) is 0 Å². The van der Waals surface area contributed by atoms with E-state index in [1.54, 1.807) is 0 Å². The number of para-hydroxylation sites is 2. The van der Waals surface area contributed by atoms with Crippen LogP contribution < -0.4 is 9.80 Å². The van der Waals surface area contributed by atoms with Crippen LogP contribution in [0.1, 0.15) is 11.1 Å². The predicted octanol–water partition coefficient (Wildman–Crippen LogP) is 10.5. The Labute approximate surface area is 241 Å². The molecule has 0 heterocycles. The van der Waals surface area contributed by atoms with E-state index in [-0.39, 0.29) is 0 Å². The zero-order chi connectivity index (χ0) is 28.0. The number of nitrogens with zero attached hydrogens (tertiary/aromatic N) is 3. The molecular weight excluding hydrogens is 498 g/mol. The van der Waals surface area contributed by atoms with E-state index >= 15 is 0 Å². The van der Waals surface area contributed by atoms with Crippen LogP contribution in [0.4, 0.5) is 34.1 Å². The van der Waals surface area contributed by atoms with E-state index in [1.807, 2.05) is 48.5 Å². The highest BCUT2D eigenvalue weighted by molar-refractivity contribution is 5.81. The van der Waals surface area contributed by atoms with E-state index < -0.39 is 0 Å². The normalized spacial score (nSPS) is 10.5. The minimum absolute atomic E-state index is 0.635. The van der Waals surface area contributed by atoms with Crippen LogP contribution in [0.2, 0.25) is 0 Å². The zero-order valence-corrected chi connectivity index (χ0v) is 22.9. The Balaban J connectivity index is 1.33. The van der Waals surface area contributed by atoms with Gasteiger partial charge in [-0.2, -0.15) is 5.26 Å². The minimum Gasteiger partial charge on any atom is -0.310 e. The van der Waals surface area contributed by atoms with Gasteiger partial charge in [0.2, 0.25) is 0 Å². The summed E-state index contributed by atoms with van der Waals surface area (Å²) < 4.78 is 0. The molecule has 196 valence electrons.